The van der Waals surface area contributed by atoms with E-state index in [-0.39, 0.29) is 24.0 Å². The van der Waals surface area contributed by atoms with Crippen molar-refractivity contribution in [3.63, 3.8) is 0 Å². The highest BCUT2D eigenvalue weighted by atomic mass is 35.5. The summed E-state index contributed by atoms with van der Waals surface area (Å²) in [4.78, 5) is 29.3. The third-order valence-electron chi connectivity index (χ3n) is 5.03. The average molecular weight is 427 g/mol. The number of hydrogen-bond donors (Lipinski definition) is 0. The van der Waals surface area contributed by atoms with Crippen molar-refractivity contribution in [3.8, 4) is 0 Å². The molecule has 2 amide bonds. The van der Waals surface area contributed by atoms with Crippen molar-refractivity contribution in [1.82, 2.24) is 9.80 Å². The smallest absolute Gasteiger partial charge is 0.410 e. The van der Waals surface area contributed by atoms with Crippen LogP contribution in [0.2, 0.25) is 10.0 Å². The van der Waals surface area contributed by atoms with Crippen LogP contribution < -0.4 is 0 Å². The molecule has 0 aromatic heterocycles. The molecule has 1 aliphatic heterocycles. The summed E-state index contributed by atoms with van der Waals surface area (Å²) in [6.45, 7) is 7.12. The van der Waals surface area contributed by atoms with E-state index in [4.69, 9.17) is 27.9 Å². The maximum atomic E-state index is 13.3. The van der Waals surface area contributed by atoms with Crippen LogP contribution in [0.4, 0.5) is 4.79 Å². The standard InChI is InChI=1S/C21H28Cl2N2O3/c1-21(2,3)28-20(27)24-10-4-5-15(13-24)19(26)25(16-7-8-16)12-14-6-9-17(22)18(23)11-14/h6,9,11,15-16H,4-5,7-8,10,12-13H2,1-3H3. The minimum absolute atomic E-state index is 0.113. The molecule has 1 heterocycles. The normalized spacial score (nSPS) is 20.0. The van der Waals surface area contributed by atoms with Gasteiger partial charge in [-0.05, 0) is 64.2 Å². The van der Waals surface area contributed by atoms with E-state index in [9.17, 15) is 9.59 Å². The fraction of sp³-hybridized carbons (Fsp3) is 0.619. The molecular weight excluding hydrogens is 399 g/mol. The largest absolute Gasteiger partial charge is 0.444 e. The molecule has 3 rings (SSSR count). The van der Waals surface area contributed by atoms with Gasteiger partial charge in [-0.1, -0.05) is 29.3 Å². The van der Waals surface area contributed by atoms with Gasteiger partial charge in [-0.2, -0.15) is 0 Å². The van der Waals surface area contributed by atoms with Gasteiger partial charge in [-0.15, -0.1) is 0 Å². The molecule has 1 saturated carbocycles. The lowest BCUT2D eigenvalue weighted by atomic mass is 9.96. The molecule has 1 aromatic rings. The number of halogens is 2. The van der Waals surface area contributed by atoms with Gasteiger partial charge in [0.2, 0.25) is 5.91 Å². The highest BCUT2D eigenvalue weighted by Crippen LogP contribution is 2.33. The lowest BCUT2D eigenvalue weighted by Gasteiger charge is -2.36. The van der Waals surface area contributed by atoms with E-state index >= 15 is 0 Å². The first kappa shape index (κ1) is 21.3. The summed E-state index contributed by atoms with van der Waals surface area (Å²) in [6.07, 6.45) is 3.31. The van der Waals surface area contributed by atoms with Crippen LogP contribution in [0.5, 0.6) is 0 Å². The second kappa shape index (κ2) is 8.50. The number of benzene rings is 1. The Labute approximate surface area is 176 Å². The van der Waals surface area contributed by atoms with E-state index < -0.39 is 5.60 Å². The van der Waals surface area contributed by atoms with Crippen molar-refractivity contribution in [3.05, 3.63) is 33.8 Å². The Kier molecular flexibility index (Phi) is 6.45. The maximum absolute atomic E-state index is 13.3. The highest BCUT2D eigenvalue weighted by Gasteiger charge is 2.38. The molecule has 154 valence electrons. The molecule has 1 atom stereocenters. The number of carbonyl (C=O) groups excluding carboxylic acids is 2. The minimum atomic E-state index is -0.540. The first-order valence-corrected chi connectivity index (χ1v) is 10.6. The molecule has 7 heteroatoms. The average Bonchev–Trinajstić information content (AvgIpc) is 3.46. The van der Waals surface area contributed by atoms with Crippen molar-refractivity contribution in [2.24, 2.45) is 5.92 Å². The van der Waals surface area contributed by atoms with Gasteiger partial charge in [0, 0.05) is 25.7 Å². The third kappa shape index (κ3) is 5.54. The Balaban J connectivity index is 1.67. The summed E-state index contributed by atoms with van der Waals surface area (Å²) >= 11 is 12.1. The Morgan fingerprint density at radius 1 is 1.18 bits per heavy atom. The fourth-order valence-electron chi connectivity index (χ4n) is 3.51. The van der Waals surface area contributed by atoms with E-state index in [1.54, 1.807) is 11.0 Å². The Morgan fingerprint density at radius 2 is 1.89 bits per heavy atom. The maximum Gasteiger partial charge on any atom is 0.410 e. The highest BCUT2D eigenvalue weighted by molar-refractivity contribution is 6.42. The van der Waals surface area contributed by atoms with Crippen molar-refractivity contribution in [2.75, 3.05) is 13.1 Å². The van der Waals surface area contributed by atoms with Gasteiger partial charge in [0.05, 0.1) is 16.0 Å². The van der Waals surface area contributed by atoms with E-state index in [1.807, 2.05) is 37.8 Å². The van der Waals surface area contributed by atoms with Crippen LogP contribution in [0.3, 0.4) is 0 Å². The number of nitrogens with zero attached hydrogens (tertiary/aromatic N) is 2. The molecule has 2 aliphatic rings. The van der Waals surface area contributed by atoms with Gasteiger partial charge in [-0.3, -0.25) is 4.79 Å². The Morgan fingerprint density at radius 3 is 2.50 bits per heavy atom. The van der Waals surface area contributed by atoms with Crippen LogP contribution in [-0.4, -0.2) is 46.5 Å². The molecule has 1 unspecified atom stereocenters. The van der Waals surface area contributed by atoms with Crippen LogP contribution in [0.1, 0.15) is 52.0 Å². The van der Waals surface area contributed by atoms with Crippen molar-refractivity contribution < 1.29 is 14.3 Å². The molecule has 0 spiro atoms. The Hall–Kier alpha value is -1.46. The molecule has 5 nitrogen and oxygen atoms in total. The van der Waals surface area contributed by atoms with E-state index in [0.29, 0.717) is 29.7 Å². The summed E-state index contributed by atoms with van der Waals surface area (Å²) in [6, 6.07) is 5.77. The summed E-state index contributed by atoms with van der Waals surface area (Å²) < 4.78 is 5.48. The molecule has 1 aromatic carbocycles. The summed E-state index contributed by atoms with van der Waals surface area (Å²) in [5.41, 5.74) is 0.427. The summed E-state index contributed by atoms with van der Waals surface area (Å²) in [5.74, 6) is -0.0773. The molecule has 0 radical (unpaired) electrons. The van der Waals surface area contributed by atoms with Gasteiger partial charge < -0.3 is 14.5 Å². The van der Waals surface area contributed by atoms with Crippen LogP contribution in [0.25, 0.3) is 0 Å². The van der Waals surface area contributed by atoms with Gasteiger partial charge in [-0.25, -0.2) is 4.79 Å². The zero-order valence-electron chi connectivity index (χ0n) is 16.7. The van der Waals surface area contributed by atoms with Gasteiger partial charge in [0.15, 0.2) is 0 Å². The predicted molar refractivity (Wildman–Crippen MR) is 111 cm³/mol. The quantitative estimate of drug-likeness (QED) is 0.669. The molecule has 2 fully saturated rings. The van der Waals surface area contributed by atoms with E-state index in [2.05, 4.69) is 0 Å². The van der Waals surface area contributed by atoms with Gasteiger partial charge >= 0.3 is 6.09 Å². The topological polar surface area (TPSA) is 49.9 Å². The van der Waals surface area contributed by atoms with Crippen LogP contribution in [0.15, 0.2) is 18.2 Å². The lowest BCUT2D eigenvalue weighted by molar-refractivity contribution is -0.138. The Bertz CT molecular complexity index is 744. The van der Waals surface area contributed by atoms with Crippen LogP contribution in [-0.2, 0) is 16.1 Å². The summed E-state index contributed by atoms with van der Waals surface area (Å²) in [5, 5.41) is 1.01. The molecule has 0 bridgehead atoms. The predicted octanol–water partition coefficient (Wildman–Crippen LogP) is 5.13. The van der Waals surface area contributed by atoms with Gasteiger partial charge in [0.1, 0.15) is 5.60 Å². The second-order valence-corrected chi connectivity index (χ2v) is 9.53. The van der Waals surface area contributed by atoms with Crippen molar-refractivity contribution in [1.29, 1.82) is 0 Å². The molecule has 28 heavy (non-hydrogen) atoms. The van der Waals surface area contributed by atoms with E-state index in [1.165, 1.54) is 0 Å². The zero-order valence-corrected chi connectivity index (χ0v) is 18.2. The fourth-order valence-corrected chi connectivity index (χ4v) is 3.83. The number of rotatable bonds is 4. The third-order valence-corrected chi connectivity index (χ3v) is 5.77. The number of amides is 2. The SMILES string of the molecule is CC(C)(C)OC(=O)N1CCCC(C(=O)N(Cc2ccc(Cl)c(Cl)c2)C2CC2)C1. The number of hydrogen-bond acceptors (Lipinski definition) is 3. The number of piperidine rings is 1. The molecule has 1 saturated heterocycles. The second-order valence-electron chi connectivity index (χ2n) is 8.71. The number of likely N-dealkylation sites (tertiary alicyclic amines) is 1. The van der Waals surface area contributed by atoms with Crippen molar-refractivity contribution >= 4 is 35.2 Å². The number of ether oxygens (including phenoxy) is 1. The van der Waals surface area contributed by atoms with Crippen LogP contribution >= 0.6 is 23.2 Å². The molecule has 1 aliphatic carbocycles. The zero-order chi connectivity index (χ0) is 20.5. The monoisotopic (exact) mass is 426 g/mol. The lowest BCUT2D eigenvalue weighted by Crippen LogP contribution is -2.48. The molecular formula is C21H28Cl2N2O3. The minimum Gasteiger partial charge on any atom is -0.444 e. The van der Waals surface area contributed by atoms with Gasteiger partial charge in [0.25, 0.3) is 0 Å². The number of carbonyl (C=O) groups is 2. The summed E-state index contributed by atoms with van der Waals surface area (Å²) in [7, 11) is 0. The first-order valence-electron chi connectivity index (χ1n) is 9.86. The molecule has 0 N–H and O–H groups in total. The van der Waals surface area contributed by atoms with Crippen molar-refractivity contribution in [2.45, 2.75) is 64.6 Å². The van der Waals surface area contributed by atoms with Crippen LogP contribution in [0, 0.1) is 5.92 Å². The first-order chi connectivity index (χ1) is 13.1. The van der Waals surface area contributed by atoms with E-state index in [0.717, 1.165) is 31.2 Å².